The van der Waals surface area contributed by atoms with Crippen LogP contribution in [-0.4, -0.2) is 49.1 Å². The maximum atomic E-state index is 12.5. The van der Waals surface area contributed by atoms with Crippen molar-refractivity contribution in [2.24, 2.45) is 5.73 Å². The van der Waals surface area contributed by atoms with Gasteiger partial charge < -0.3 is 15.2 Å². The van der Waals surface area contributed by atoms with Crippen molar-refractivity contribution in [1.29, 1.82) is 0 Å². The fraction of sp³-hybridized carbons (Fsp3) is 0.385. The van der Waals surface area contributed by atoms with Crippen molar-refractivity contribution in [2.75, 3.05) is 27.3 Å². The molecule has 2 aliphatic rings. The first-order valence-corrected chi connectivity index (χ1v) is 11.1. The van der Waals surface area contributed by atoms with E-state index < -0.39 is 5.91 Å². The molecule has 0 spiro atoms. The molecule has 1 amide bonds. The quantitative estimate of drug-likeness (QED) is 0.615. The molecule has 6 nitrogen and oxygen atoms in total. The highest BCUT2D eigenvalue weighted by Gasteiger charge is 2.49. The Morgan fingerprint density at radius 3 is 2.59 bits per heavy atom. The Morgan fingerprint density at radius 2 is 1.97 bits per heavy atom. The van der Waals surface area contributed by atoms with Crippen LogP contribution in [0.2, 0.25) is 0 Å². The van der Waals surface area contributed by atoms with Crippen LogP contribution in [0, 0.1) is 6.92 Å². The molecule has 5 rings (SSSR count). The summed E-state index contributed by atoms with van der Waals surface area (Å²) >= 11 is 0. The number of carbonyl (C=O) groups is 1. The van der Waals surface area contributed by atoms with Crippen molar-refractivity contribution < 1.29 is 14.3 Å². The Balaban J connectivity index is 1.56. The van der Waals surface area contributed by atoms with E-state index in [4.69, 9.17) is 20.2 Å². The SMILES string of the molecule is COc1cc(C2(c3ccc(OC[C@@H]4CCN4C)cc3C(N)=O)CC2)c2ccc(C)nc2c1. The molecule has 32 heavy (non-hydrogen) atoms. The van der Waals surface area contributed by atoms with Gasteiger partial charge in [0.05, 0.1) is 12.6 Å². The number of aryl methyl sites for hydroxylation is 1. The minimum atomic E-state index is -0.432. The second kappa shape index (κ2) is 7.78. The lowest BCUT2D eigenvalue weighted by molar-refractivity contribution is 0.0768. The van der Waals surface area contributed by atoms with Crippen LogP contribution >= 0.6 is 0 Å². The molecule has 1 atom stereocenters. The van der Waals surface area contributed by atoms with Crippen molar-refractivity contribution in [2.45, 2.75) is 37.6 Å². The highest BCUT2D eigenvalue weighted by Crippen LogP contribution is 2.57. The molecule has 2 N–H and O–H groups in total. The number of carbonyl (C=O) groups excluding carboxylic acids is 1. The van der Waals surface area contributed by atoms with Crippen LogP contribution < -0.4 is 15.2 Å². The van der Waals surface area contributed by atoms with Gasteiger partial charge in [-0.15, -0.1) is 0 Å². The zero-order valence-electron chi connectivity index (χ0n) is 18.9. The summed E-state index contributed by atoms with van der Waals surface area (Å²) in [5, 5.41) is 1.08. The fourth-order valence-electron chi connectivity index (χ4n) is 4.84. The molecule has 2 fully saturated rings. The van der Waals surface area contributed by atoms with Crippen molar-refractivity contribution in [3.8, 4) is 11.5 Å². The van der Waals surface area contributed by atoms with Crippen LogP contribution in [0.4, 0.5) is 0 Å². The molecule has 1 aromatic heterocycles. The number of nitrogens with zero attached hydrogens (tertiary/aromatic N) is 2. The summed E-state index contributed by atoms with van der Waals surface area (Å²) < 4.78 is 11.6. The number of hydrogen-bond acceptors (Lipinski definition) is 5. The van der Waals surface area contributed by atoms with Crippen LogP contribution in [-0.2, 0) is 5.41 Å². The van der Waals surface area contributed by atoms with E-state index >= 15 is 0 Å². The molecular weight excluding hydrogens is 402 g/mol. The second-order valence-corrected chi connectivity index (χ2v) is 9.08. The molecule has 6 heteroatoms. The van der Waals surface area contributed by atoms with E-state index in [2.05, 4.69) is 24.1 Å². The molecule has 166 valence electrons. The molecule has 2 aromatic carbocycles. The van der Waals surface area contributed by atoms with Gasteiger partial charge in [-0.3, -0.25) is 14.7 Å². The normalized spacial score (nSPS) is 19.4. The summed E-state index contributed by atoms with van der Waals surface area (Å²) in [6.07, 6.45) is 3.02. The van der Waals surface area contributed by atoms with Crippen LogP contribution in [0.25, 0.3) is 10.9 Å². The summed E-state index contributed by atoms with van der Waals surface area (Å²) in [6.45, 7) is 3.70. The second-order valence-electron chi connectivity index (χ2n) is 9.08. The van der Waals surface area contributed by atoms with Gasteiger partial charge in [0, 0.05) is 34.2 Å². The standard InChI is InChI=1S/C26H29N3O3/c1-16-4-6-20-23(13-19(31-3)14-24(20)28-16)26(9-10-26)22-7-5-18(12-21(22)25(27)30)32-15-17-8-11-29(17)2/h4-7,12-14,17H,8-11,15H2,1-3H3,(H2,27,30)/t17-/m0/s1. The average Bonchev–Trinajstić information content (AvgIpc) is 3.58. The van der Waals surface area contributed by atoms with Crippen LogP contribution in [0.5, 0.6) is 11.5 Å². The molecule has 1 saturated heterocycles. The van der Waals surface area contributed by atoms with E-state index in [-0.39, 0.29) is 5.41 Å². The first-order valence-electron chi connectivity index (χ1n) is 11.1. The zero-order chi connectivity index (χ0) is 22.5. The van der Waals surface area contributed by atoms with Crippen LogP contribution in [0.3, 0.4) is 0 Å². The molecular formula is C26H29N3O3. The van der Waals surface area contributed by atoms with Crippen molar-refractivity contribution in [3.63, 3.8) is 0 Å². The minimum Gasteiger partial charge on any atom is -0.497 e. The number of aromatic nitrogens is 1. The van der Waals surface area contributed by atoms with Crippen LogP contribution in [0.1, 0.15) is 46.4 Å². The Kier molecular flexibility index (Phi) is 5.05. The molecule has 1 aliphatic heterocycles. The molecule has 1 aliphatic carbocycles. The molecule has 1 saturated carbocycles. The lowest BCUT2D eigenvalue weighted by Crippen LogP contribution is -2.48. The lowest BCUT2D eigenvalue weighted by atomic mass is 9.82. The number of fused-ring (bicyclic) bond motifs is 1. The predicted octanol–water partition coefficient (Wildman–Crippen LogP) is 3.81. The first-order chi connectivity index (χ1) is 15.4. The molecule has 3 aromatic rings. The topological polar surface area (TPSA) is 77.7 Å². The number of amides is 1. The highest BCUT2D eigenvalue weighted by atomic mass is 16.5. The summed E-state index contributed by atoms with van der Waals surface area (Å²) in [5.41, 5.74) is 10.0. The number of hydrogen-bond donors (Lipinski definition) is 1. The van der Waals surface area contributed by atoms with E-state index in [0.29, 0.717) is 24.0 Å². The number of benzene rings is 2. The van der Waals surface area contributed by atoms with Gasteiger partial charge in [-0.05, 0) is 75.2 Å². The first kappa shape index (κ1) is 20.8. The van der Waals surface area contributed by atoms with E-state index in [1.165, 1.54) is 0 Å². The lowest BCUT2D eigenvalue weighted by Gasteiger charge is -2.37. The number of ether oxygens (including phenoxy) is 2. The predicted molar refractivity (Wildman–Crippen MR) is 125 cm³/mol. The number of pyridine rings is 1. The maximum Gasteiger partial charge on any atom is 0.249 e. The van der Waals surface area contributed by atoms with Gasteiger partial charge in [0.25, 0.3) is 0 Å². The van der Waals surface area contributed by atoms with E-state index in [0.717, 1.165) is 59.3 Å². The van der Waals surface area contributed by atoms with E-state index in [9.17, 15) is 4.79 Å². The van der Waals surface area contributed by atoms with E-state index in [1.807, 2.05) is 31.2 Å². The molecule has 0 unspecified atom stereocenters. The summed E-state index contributed by atoms with van der Waals surface area (Å²) in [5.74, 6) is 1.02. The maximum absolute atomic E-state index is 12.5. The largest absolute Gasteiger partial charge is 0.497 e. The Bertz CT molecular complexity index is 1200. The molecule has 0 bridgehead atoms. The Labute approximate surface area is 188 Å². The summed E-state index contributed by atoms with van der Waals surface area (Å²) in [4.78, 5) is 19.5. The highest BCUT2D eigenvalue weighted by molar-refractivity contribution is 5.96. The van der Waals surface area contributed by atoms with Crippen molar-refractivity contribution >= 4 is 16.8 Å². The van der Waals surface area contributed by atoms with Crippen molar-refractivity contribution in [1.82, 2.24) is 9.88 Å². The van der Waals surface area contributed by atoms with Crippen LogP contribution in [0.15, 0.2) is 42.5 Å². The van der Waals surface area contributed by atoms with Gasteiger partial charge in [0.15, 0.2) is 0 Å². The third kappa shape index (κ3) is 3.48. The number of likely N-dealkylation sites (tertiary alicyclic amines) is 1. The summed E-state index contributed by atoms with van der Waals surface area (Å²) in [7, 11) is 3.77. The van der Waals surface area contributed by atoms with Crippen molar-refractivity contribution in [3.05, 3.63) is 64.8 Å². The van der Waals surface area contributed by atoms with Gasteiger partial charge in [-0.25, -0.2) is 0 Å². The van der Waals surface area contributed by atoms with Gasteiger partial charge in [0.2, 0.25) is 5.91 Å². The smallest absolute Gasteiger partial charge is 0.249 e. The number of rotatable bonds is 7. The van der Waals surface area contributed by atoms with Gasteiger partial charge in [-0.2, -0.15) is 0 Å². The van der Waals surface area contributed by atoms with E-state index in [1.54, 1.807) is 13.2 Å². The van der Waals surface area contributed by atoms with Gasteiger partial charge in [-0.1, -0.05) is 12.1 Å². The number of likely N-dealkylation sites (N-methyl/N-ethyl adjacent to an activating group) is 1. The monoisotopic (exact) mass is 431 g/mol. The number of primary amides is 1. The zero-order valence-corrected chi connectivity index (χ0v) is 18.9. The third-order valence-corrected chi connectivity index (χ3v) is 7.07. The average molecular weight is 432 g/mol. The Hall–Kier alpha value is -3.12. The third-order valence-electron chi connectivity index (χ3n) is 7.07. The summed E-state index contributed by atoms with van der Waals surface area (Å²) in [6, 6.07) is 14.4. The molecule has 2 heterocycles. The minimum absolute atomic E-state index is 0.277. The number of methoxy groups -OCH3 is 1. The van der Waals surface area contributed by atoms with Gasteiger partial charge in [0.1, 0.15) is 18.1 Å². The van der Waals surface area contributed by atoms with Gasteiger partial charge >= 0.3 is 0 Å². The fourth-order valence-corrected chi connectivity index (χ4v) is 4.84. The molecule has 0 radical (unpaired) electrons. The Morgan fingerprint density at radius 1 is 1.16 bits per heavy atom. The number of nitrogens with two attached hydrogens (primary N) is 1.